The number of methoxy groups -OCH3 is 1. The molecule has 0 aliphatic rings. The molecule has 0 saturated carbocycles. The zero-order chi connectivity index (χ0) is 16.2. The number of hydrogen-bond acceptors (Lipinski definition) is 5. The number of oxazole rings is 1. The summed E-state index contributed by atoms with van der Waals surface area (Å²) < 4.78 is 23.2. The Hall–Kier alpha value is -3.15. The minimum Gasteiger partial charge on any atom is -0.465 e. The molecule has 5 nitrogen and oxygen atoms in total. The number of esters is 1. The number of carbonyl (C=O) groups excluding carboxylic acids is 1. The quantitative estimate of drug-likeness (QED) is 0.737. The molecule has 0 radical (unpaired) electrons. The van der Waals surface area contributed by atoms with Gasteiger partial charge < -0.3 is 14.5 Å². The lowest BCUT2D eigenvalue weighted by molar-refractivity contribution is 0.0601. The topological polar surface area (TPSA) is 64.4 Å². The summed E-state index contributed by atoms with van der Waals surface area (Å²) >= 11 is 0. The van der Waals surface area contributed by atoms with Gasteiger partial charge in [0.25, 0.3) is 6.01 Å². The summed E-state index contributed by atoms with van der Waals surface area (Å²) in [5.74, 6) is -0.236. The molecule has 116 valence electrons. The summed E-state index contributed by atoms with van der Waals surface area (Å²) in [5.41, 5.74) is 1.78. The summed E-state index contributed by atoms with van der Waals surface area (Å²) in [7, 11) is 1.33. The number of ether oxygens (including phenoxy) is 1. The van der Waals surface area contributed by atoms with Crippen molar-refractivity contribution in [3.63, 3.8) is 0 Å². The molecule has 0 bridgehead atoms. The highest BCUT2D eigenvalue weighted by molar-refractivity contribution is 5.90. The first-order valence-electron chi connectivity index (χ1n) is 6.83. The molecule has 23 heavy (non-hydrogen) atoms. The van der Waals surface area contributed by atoms with Gasteiger partial charge in [-0.1, -0.05) is 12.1 Å². The van der Waals surface area contributed by atoms with E-state index in [1.165, 1.54) is 19.2 Å². The van der Waals surface area contributed by atoms with Crippen molar-refractivity contribution in [2.24, 2.45) is 0 Å². The van der Waals surface area contributed by atoms with Crippen LogP contribution in [0.5, 0.6) is 0 Å². The molecule has 0 amide bonds. The van der Waals surface area contributed by atoms with E-state index in [0.717, 1.165) is 0 Å². The van der Waals surface area contributed by atoms with Crippen molar-refractivity contribution < 1.29 is 18.3 Å². The SMILES string of the molecule is COC(=O)c1cccc(-c2cnc(Nc3ccc(F)cc3)o2)c1. The lowest BCUT2D eigenvalue weighted by atomic mass is 10.1. The first-order chi connectivity index (χ1) is 11.2. The summed E-state index contributed by atoms with van der Waals surface area (Å²) in [6.07, 6.45) is 1.54. The predicted molar refractivity (Wildman–Crippen MR) is 83.0 cm³/mol. The van der Waals surface area contributed by atoms with Crippen LogP contribution in [0.15, 0.2) is 59.1 Å². The molecule has 3 rings (SSSR count). The molecule has 0 saturated heterocycles. The lowest BCUT2D eigenvalue weighted by Gasteiger charge is -2.02. The molecule has 0 fully saturated rings. The highest BCUT2D eigenvalue weighted by Crippen LogP contribution is 2.25. The van der Waals surface area contributed by atoms with Gasteiger partial charge in [0.2, 0.25) is 0 Å². The number of hydrogen-bond donors (Lipinski definition) is 1. The van der Waals surface area contributed by atoms with Crippen LogP contribution in [0.2, 0.25) is 0 Å². The number of nitrogens with zero attached hydrogens (tertiary/aromatic N) is 1. The number of anilines is 2. The predicted octanol–water partition coefficient (Wildman–Crippen LogP) is 4.01. The van der Waals surface area contributed by atoms with Crippen LogP contribution in [0.3, 0.4) is 0 Å². The van der Waals surface area contributed by atoms with Crippen LogP contribution >= 0.6 is 0 Å². The van der Waals surface area contributed by atoms with Gasteiger partial charge in [0.1, 0.15) is 5.82 Å². The monoisotopic (exact) mass is 312 g/mol. The van der Waals surface area contributed by atoms with Crippen molar-refractivity contribution >= 4 is 17.7 Å². The minimum atomic E-state index is -0.420. The second-order valence-corrected chi connectivity index (χ2v) is 4.73. The van der Waals surface area contributed by atoms with Gasteiger partial charge in [0.15, 0.2) is 5.76 Å². The highest BCUT2D eigenvalue weighted by Gasteiger charge is 2.10. The van der Waals surface area contributed by atoms with E-state index >= 15 is 0 Å². The van der Waals surface area contributed by atoms with E-state index in [1.54, 1.807) is 42.6 Å². The molecule has 0 spiro atoms. The van der Waals surface area contributed by atoms with Gasteiger partial charge in [-0.15, -0.1) is 0 Å². The van der Waals surface area contributed by atoms with Crippen LogP contribution in [0, 0.1) is 5.82 Å². The fourth-order valence-electron chi connectivity index (χ4n) is 2.04. The van der Waals surface area contributed by atoms with Crippen LogP contribution in [0.4, 0.5) is 16.1 Å². The summed E-state index contributed by atoms with van der Waals surface area (Å²) in [5, 5.41) is 2.93. The number of nitrogens with one attached hydrogen (secondary N) is 1. The highest BCUT2D eigenvalue weighted by atomic mass is 19.1. The van der Waals surface area contributed by atoms with Gasteiger partial charge in [-0.05, 0) is 36.4 Å². The van der Waals surface area contributed by atoms with Crippen molar-refractivity contribution in [1.82, 2.24) is 4.98 Å². The summed E-state index contributed by atoms with van der Waals surface area (Å²) in [4.78, 5) is 15.7. The number of halogens is 1. The maximum Gasteiger partial charge on any atom is 0.337 e. The summed E-state index contributed by atoms with van der Waals surface area (Å²) in [6.45, 7) is 0. The Labute approximate surface area is 131 Å². The Morgan fingerprint density at radius 3 is 2.74 bits per heavy atom. The number of aromatic nitrogens is 1. The summed E-state index contributed by atoms with van der Waals surface area (Å²) in [6, 6.07) is 13.0. The molecular weight excluding hydrogens is 299 g/mol. The van der Waals surface area contributed by atoms with Crippen molar-refractivity contribution in [2.45, 2.75) is 0 Å². The second-order valence-electron chi connectivity index (χ2n) is 4.73. The third-order valence-electron chi connectivity index (χ3n) is 3.17. The van der Waals surface area contributed by atoms with Crippen LogP contribution in [-0.4, -0.2) is 18.1 Å². The Bertz CT molecular complexity index is 828. The zero-order valence-electron chi connectivity index (χ0n) is 12.2. The molecule has 2 aromatic carbocycles. The minimum absolute atomic E-state index is 0.273. The molecule has 1 N–H and O–H groups in total. The molecule has 0 atom stereocenters. The maximum absolute atomic E-state index is 12.9. The average Bonchev–Trinajstić information content (AvgIpc) is 3.05. The van der Waals surface area contributed by atoms with Crippen molar-refractivity contribution in [3.05, 3.63) is 66.1 Å². The van der Waals surface area contributed by atoms with E-state index in [1.807, 2.05) is 0 Å². The smallest absolute Gasteiger partial charge is 0.337 e. The molecule has 3 aromatic rings. The van der Waals surface area contributed by atoms with Gasteiger partial charge in [0, 0.05) is 11.3 Å². The van der Waals surface area contributed by atoms with Crippen LogP contribution in [-0.2, 0) is 4.74 Å². The van der Waals surface area contributed by atoms with Gasteiger partial charge in [-0.3, -0.25) is 0 Å². The third kappa shape index (κ3) is 3.37. The third-order valence-corrected chi connectivity index (χ3v) is 3.17. The van der Waals surface area contributed by atoms with Crippen molar-refractivity contribution in [1.29, 1.82) is 0 Å². The first-order valence-corrected chi connectivity index (χ1v) is 6.83. The van der Waals surface area contributed by atoms with Crippen LogP contribution in [0.25, 0.3) is 11.3 Å². The van der Waals surface area contributed by atoms with E-state index < -0.39 is 5.97 Å². The zero-order valence-corrected chi connectivity index (χ0v) is 12.2. The molecular formula is C17H13FN2O3. The van der Waals surface area contributed by atoms with E-state index in [4.69, 9.17) is 9.15 Å². The van der Waals surface area contributed by atoms with Crippen molar-refractivity contribution in [3.8, 4) is 11.3 Å². The molecule has 1 aromatic heterocycles. The Morgan fingerprint density at radius 1 is 1.22 bits per heavy atom. The van der Waals surface area contributed by atoms with E-state index in [2.05, 4.69) is 10.3 Å². The van der Waals surface area contributed by atoms with E-state index in [9.17, 15) is 9.18 Å². The molecule has 0 unspecified atom stereocenters. The van der Waals surface area contributed by atoms with E-state index in [0.29, 0.717) is 22.6 Å². The fraction of sp³-hybridized carbons (Fsp3) is 0.0588. The second kappa shape index (κ2) is 6.31. The fourth-order valence-corrected chi connectivity index (χ4v) is 2.04. The largest absolute Gasteiger partial charge is 0.465 e. The standard InChI is InChI=1S/C17H13FN2O3/c1-22-16(21)12-4-2-3-11(9-12)15-10-19-17(23-15)20-14-7-5-13(18)6-8-14/h2-10H,1H3,(H,19,20). The number of rotatable bonds is 4. The number of carbonyl (C=O) groups is 1. The Balaban J connectivity index is 1.81. The van der Waals surface area contributed by atoms with Gasteiger partial charge in [-0.2, -0.15) is 0 Å². The lowest BCUT2D eigenvalue weighted by Crippen LogP contribution is -2.00. The first kappa shape index (κ1) is 14.8. The molecule has 0 aliphatic carbocycles. The van der Waals surface area contributed by atoms with E-state index in [-0.39, 0.29) is 11.8 Å². The molecule has 6 heteroatoms. The van der Waals surface area contributed by atoms with Gasteiger partial charge in [-0.25, -0.2) is 14.2 Å². The normalized spacial score (nSPS) is 10.3. The van der Waals surface area contributed by atoms with Crippen LogP contribution < -0.4 is 5.32 Å². The molecule has 0 aliphatic heterocycles. The Kier molecular flexibility index (Phi) is 4.05. The Morgan fingerprint density at radius 2 is 2.00 bits per heavy atom. The molecule has 1 heterocycles. The maximum atomic E-state index is 12.9. The van der Waals surface area contributed by atoms with Crippen LogP contribution in [0.1, 0.15) is 10.4 Å². The average molecular weight is 312 g/mol. The number of benzene rings is 2. The van der Waals surface area contributed by atoms with Gasteiger partial charge in [0.05, 0.1) is 18.9 Å². The van der Waals surface area contributed by atoms with Gasteiger partial charge >= 0.3 is 5.97 Å². The van der Waals surface area contributed by atoms with Crippen molar-refractivity contribution in [2.75, 3.05) is 12.4 Å².